The van der Waals surface area contributed by atoms with Crippen LogP contribution in [0.2, 0.25) is 10.2 Å². The van der Waals surface area contributed by atoms with Gasteiger partial charge in [0.1, 0.15) is 10.8 Å². The van der Waals surface area contributed by atoms with Gasteiger partial charge in [0.05, 0.1) is 65.4 Å². The maximum absolute atomic E-state index is 13.2. The molecule has 7 aromatic heterocycles. The lowest BCUT2D eigenvalue weighted by Crippen LogP contribution is -2.32. The van der Waals surface area contributed by atoms with Crippen LogP contribution >= 0.6 is 23.2 Å². The summed E-state index contributed by atoms with van der Waals surface area (Å²) in [6, 6.07) is 21.8. The van der Waals surface area contributed by atoms with Crippen molar-refractivity contribution in [3.63, 3.8) is 0 Å². The predicted octanol–water partition coefficient (Wildman–Crippen LogP) is 10.6. The number of carbonyl (C=O) groups is 1. The molecule has 2 aromatic carbocycles. The van der Waals surface area contributed by atoms with Crippen molar-refractivity contribution in [3.8, 4) is 11.3 Å². The lowest BCUT2D eigenvalue weighted by molar-refractivity contribution is -0.137. The summed E-state index contributed by atoms with van der Waals surface area (Å²) in [6.07, 6.45) is 23.6. The van der Waals surface area contributed by atoms with E-state index in [2.05, 4.69) is 75.0 Å². The Morgan fingerprint density at radius 3 is 2.10 bits per heavy atom. The molecule has 454 valence electrons. The number of H-pyrrole nitrogens is 1. The first-order valence-corrected chi connectivity index (χ1v) is 30.2. The number of hydrogen-bond donors (Lipinski definition) is 4. The number of hydrogen-bond acceptors (Lipinski definition) is 14. The Bertz CT molecular complexity index is 3680. The Kier molecular flexibility index (Phi) is 21.3. The molecule has 0 saturated carbocycles. The second kappa shape index (κ2) is 29.9. The predicted molar refractivity (Wildman–Crippen MR) is 332 cm³/mol. The second-order valence-electron chi connectivity index (χ2n) is 21.8. The van der Waals surface area contributed by atoms with Gasteiger partial charge in [-0.1, -0.05) is 59.6 Å². The molecule has 9 aromatic rings. The first-order valence-electron chi connectivity index (χ1n) is 29.5. The van der Waals surface area contributed by atoms with Crippen LogP contribution in [0.5, 0.6) is 0 Å². The molecule has 10 heterocycles. The fourth-order valence-electron chi connectivity index (χ4n) is 10.7. The number of aliphatic hydroxyl groups excluding tert-OH is 1. The quantitative estimate of drug-likeness (QED) is 0.0467. The Morgan fingerprint density at radius 1 is 0.678 bits per heavy atom. The van der Waals surface area contributed by atoms with E-state index in [4.69, 9.17) is 43.3 Å². The number of nitrogens with one attached hydrogen (secondary N) is 3. The molecule has 3 aliphatic heterocycles. The van der Waals surface area contributed by atoms with Gasteiger partial charge in [-0.3, -0.25) is 24.8 Å². The number of aliphatic hydroxyl groups is 1. The average molecular weight is 1220 g/mol. The molecule has 1 amide bonds. The zero-order valence-corrected chi connectivity index (χ0v) is 50.1. The number of alkyl halides is 3. The van der Waals surface area contributed by atoms with Crippen molar-refractivity contribution in [1.29, 1.82) is 0 Å². The number of rotatable bonds is 18. The van der Waals surface area contributed by atoms with Crippen molar-refractivity contribution in [1.82, 2.24) is 64.9 Å². The zero-order valence-electron chi connectivity index (χ0n) is 48.6. The van der Waals surface area contributed by atoms with Crippen molar-refractivity contribution in [3.05, 3.63) is 207 Å². The fraction of sp³-hybridized carbons (Fsp3) is 0.359. The maximum atomic E-state index is 13.2. The Labute approximate surface area is 514 Å². The van der Waals surface area contributed by atoms with Gasteiger partial charge in [-0.15, -0.1) is 0 Å². The smallest absolute Gasteiger partial charge is 0.395 e. The molecule has 0 bridgehead atoms. The third kappa shape index (κ3) is 17.1. The van der Waals surface area contributed by atoms with Gasteiger partial charge in [-0.05, 0) is 129 Å². The van der Waals surface area contributed by atoms with Crippen molar-refractivity contribution in [2.75, 3.05) is 54.0 Å². The van der Waals surface area contributed by atoms with Crippen LogP contribution in [-0.4, -0.2) is 105 Å². The van der Waals surface area contributed by atoms with E-state index in [0.29, 0.717) is 54.2 Å². The number of aryl methyl sites for hydroxylation is 4. The standard InChI is InChI=1S/C24H27ClF3N5.C20H22ClN5O.C20H22N6O/c1-32-11-8-17(15-32)7-9-29-13-20-14-30-22-4-2-3-10-33(23(22)31-20)16-18-12-19(24(26,27)28)5-6-21(18)25;21-19-16(4-3-7-22-19)14-26-8-2-1-5-17-20(26)24-18(12-23-17)15-6-9-25(13-15)10-11-27;27-20(21-9-8-16-11-23-24-12-16)18-13-22-17-7-4-10-26(19(17)25-18)14-15-5-2-1-3-6-15/h5-6,8,11-12,14-15,29H,2-4,7,9-10,13,16H2,1H3;3-4,6-7,9,12-13,27H,1-2,5,8,10-11,14H2;1-3,5-6,11-13H,4,7-10,14H2,(H,21,27)(H,23,24). The largest absolute Gasteiger partial charge is 0.416 e. The minimum absolute atomic E-state index is 0.115. The second-order valence-corrected chi connectivity index (χ2v) is 22.6. The Morgan fingerprint density at radius 2 is 1.38 bits per heavy atom. The first kappa shape index (κ1) is 61.8. The van der Waals surface area contributed by atoms with Crippen LogP contribution in [0.1, 0.15) is 98.7 Å². The third-order valence-electron chi connectivity index (χ3n) is 15.3. The number of aromatic amines is 1. The summed E-state index contributed by atoms with van der Waals surface area (Å²) >= 11 is 12.5. The summed E-state index contributed by atoms with van der Waals surface area (Å²) in [5.74, 6) is 2.30. The van der Waals surface area contributed by atoms with Crippen molar-refractivity contribution in [2.45, 2.75) is 103 Å². The van der Waals surface area contributed by atoms with Crippen LogP contribution in [-0.2, 0) is 78.1 Å². The molecular formula is C64H71Cl2F3N16O2. The number of anilines is 3. The fourth-order valence-corrected chi connectivity index (χ4v) is 11.1. The number of carbonyl (C=O) groups excluding carboxylic acids is 1. The molecule has 18 nitrogen and oxygen atoms in total. The van der Waals surface area contributed by atoms with Gasteiger partial charge in [0.2, 0.25) is 0 Å². The number of fused-ring (bicyclic) bond motifs is 3. The van der Waals surface area contributed by atoms with Crippen LogP contribution in [0.3, 0.4) is 0 Å². The highest BCUT2D eigenvalue weighted by atomic mass is 35.5. The molecule has 3 aliphatic rings. The topological polar surface area (TPSA) is 200 Å². The molecule has 0 radical (unpaired) electrons. The molecule has 0 aliphatic carbocycles. The lowest BCUT2D eigenvalue weighted by Gasteiger charge is -2.29. The summed E-state index contributed by atoms with van der Waals surface area (Å²) in [5.41, 5.74) is 10.2. The van der Waals surface area contributed by atoms with E-state index in [1.54, 1.807) is 24.8 Å². The SMILES string of the molecule is Cn1ccc(CCNCc2cnc3c(n2)N(Cc2cc(C(F)(F)F)ccc2Cl)CCCC3)c1.O=C(NCCc1cn[nH]c1)c1cnc2c(n1)N(Cc1ccccc1)CCC2.OCCn1ccc(-c2cnc3c(n2)N(Cc2cccnc2Cl)CCCC3)c1. The van der Waals surface area contributed by atoms with Crippen LogP contribution in [0.25, 0.3) is 11.3 Å². The van der Waals surface area contributed by atoms with E-state index in [1.807, 2.05) is 88.5 Å². The van der Waals surface area contributed by atoms with E-state index in [-0.39, 0.29) is 19.1 Å². The summed E-state index contributed by atoms with van der Waals surface area (Å²) < 4.78 is 43.6. The number of aromatic nitrogens is 11. The van der Waals surface area contributed by atoms with Gasteiger partial charge in [-0.2, -0.15) is 18.3 Å². The van der Waals surface area contributed by atoms with Crippen LogP contribution in [0.4, 0.5) is 30.6 Å². The molecule has 0 fully saturated rings. The van der Waals surface area contributed by atoms with E-state index in [0.717, 1.165) is 165 Å². The molecule has 4 N–H and O–H groups in total. The first-order chi connectivity index (χ1) is 42.3. The number of benzene rings is 2. The van der Waals surface area contributed by atoms with Crippen LogP contribution in [0, 0.1) is 0 Å². The highest BCUT2D eigenvalue weighted by Gasteiger charge is 2.32. The van der Waals surface area contributed by atoms with Gasteiger partial charge in [0, 0.05) is 119 Å². The van der Waals surface area contributed by atoms with Gasteiger partial charge in [0.15, 0.2) is 17.5 Å². The summed E-state index contributed by atoms with van der Waals surface area (Å²) in [6.45, 7) is 6.84. The van der Waals surface area contributed by atoms with E-state index < -0.39 is 11.7 Å². The highest BCUT2D eigenvalue weighted by Crippen LogP contribution is 2.34. The van der Waals surface area contributed by atoms with Crippen molar-refractivity contribution >= 4 is 46.6 Å². The highest BCUT2D eigenvalue weighted by molar-refractivity contribution is 6.31. The third-order valence-corrected chi connectivity index (χ3v) is 16.0. The lowest BCUT2D eigenvalue weighted by atomic mass is 10.1. The van der Waals surface area contributed by atoms with Crippen LogP contribution in [0.15, 0.2) is 135 Å². The van der Waals surface area contributed by atoms with Gasteiger partial charge in [0.25, 0.3) is 5.91 Å². The molecular weight excluding hydrogens is 1150 g/mol. The molecule has 0 spiro atoms. The number of halogens is 5. The van der Waals surface area contributed by atoms with Crippen molar-refractivity contribution in [2.24, 2.45) is 7.05 Å². The number of amides is 1. The molecule has 0 saturated heterocycles. The number of nitrogens with zero attached hydrogens (tertiary/aromatic N) is 13. The van der Waals surface area contributed by atoms with Gasteiger partial charge >= 0.3 is 6.18 Å². The van der Waals surface area contributed by atoms with Gasteiger partial charge in [-0.25, -0.2) is 19.9 Å². The molecule has 0 atom stereocenters. The summed E-state index contributed by atoms with van der Waals surface area (Å²) in [4.78, 5) is 51.4. The van der Waals surface area contributed by atoms with Crippen LogP contribution < -0.4 is 25.3 Å². The molecule has 23 heteroatoms. The summed E-state index contributed by atoms with van der Waals surface area (Å²) in [5, 5.41) is 23.0. The minimum atomic E-state index is -4.41. The minimum Gasteiger partial charge on any atom is -0.395 e. The monoisotopic (exact) mass is 1220 g/mol. The molecule has 87 heavy (non-hydrogen) atoms. The molecule has 12 rings (SSSR count). The Hall–Kier alpha value is -8.24. The Balaban J connectivity index is 0.000000145. The van der Waals surface area contributed by atoms with E-state index in [1.165, 1.54) is 17.2 Å². The number of pyridine rings is 1. The summed E-state index contributed by atoms with van der Waals surface area (Å²) in [7, 11) is 2.00. The van der Waals surface area contributed by atoms with E-state index >= 15 is 0 Å². The normalized spacial score (nSPS) is 13.9. The van der Waals surface area contributed by atoms with Crippen molar-refractivity contribution < 1.29 is 23.1 Å². The maximum Gasteiger partial charge on any atom is 0.416 e. The average Bonchev–Trinajstić information content (AvgIpc) is 3.86. The van der Waals surface area contributed by atoms with E-state index in [9.17, 15) is 18.0 Å². The van der Waals surface area contributed by atoms with Gasteiger partial charge < -0.3 is 39.6 Å². The zero-order chi connectivity index (χ0) is 60.5. The molecule has 0 unspecified atom stereocenters.